The Hall–Kier alpha value is -1.92. The number of hydrogen-bond acceptors (Lipinski definition) is 4. The molecule has 0 aromatic heterocycles. The van der Waals surface area contributed by atoms with Gasteiger partial charge in [-0.1, -0.05) is 0 Å². The highest BCUT2D eigenvalue weighted by Gasteiger charge is 2.28. The van der Waals surface area contributed by atoms with Gasteiger partial charge in [-0.2, -0.15) is 13.2 Å². The van der Waals surface area contributed by atoms with Crippen LogP contribution in [0.3, 0.4) is 0 Å². The van der Waals surface area contributed by atoms with Gasteiger partial charge in [0, 0.05) is 6.07 Å². The molecule has 7 heteroatoms. The zero-order chi connectivity index (χ0) is 14.5. The summed E-state index contributed by atoms with van der Waals surface area (Å²) in [6.07, 6.45) is -4.45. The van der Waals surface area contributed by atoms with E-state index in [2.05, 4.69) is 9.47 Å². The molecule has 0 heterocycles. The summed E-state index contributed by atoms with van der Waals surface area (Å²) in [5, 5.41) is 0. The number of hydrogen-bond donors (Lipinski definition) is 0. The highest BCUT2D eigenvalue weighted by atomic mass is 19.4. The highest BCUT2D eigenvalue weighted by Crippen LogP contribution is 2.25. The van der Waals surface area contributed by atoms with E-state index in [9.17, 15) is 18.0 Å². The first-order valence-corrected chi connectivity index (χ1v) is 5.41. The van der Waals surface area contributed by atoms with Crippen molar-refractivity contribution in [3.8, 4) is 11.5 Å². The van der Waals surface area contributed by atoms with Crippen molar-refractivity contribution in [3.05, 3.63) is 23.8 Å². The van der Waals surface area contributed by atoms with E-state index in [1.54, 1.807) is 6.92 Å². The average Bonchev–Trinajstić information content (AvgIpc) is 2.35. The number of benzene rings is 1. The van der Waals surface area contributed by atoms with Crippen molar-refractivity contribution in [2.75, 3.05) is 20.3 Å². The Morgan fingerprint density at radius 1 is 1.16 bits per heavy atom. The molecule has 0 aliphatic carbocycles. The fourth-order valence-corrected chi connectivity index (χ4v) is 1.31. The minimum atomic E-state index is -4.45. The minimum absolute atomic E-state index is 0.0608. The summed E-state index contributed by atoms with van der Waals surface area (Å²) in [6, 6.07) is 3.82. The summed E-state index contributed by atoms with van der Waals surface area (Å²) in [4.78, 5) is 11.4. The Bertz CT molecular complexity index is 443. The number of esters is 1. The van der Waals surface area contributed by atoms with Crippen LogP contribution in [0.5, 0.6) is 11.5 Å². The van der Waals surface area contributed by atoms with Crippen LogP contribution in [-0.2, 0) is 4.74 Å². The molecule has 4 nitrogen and oxygen atoms in total. The molecule has 0 aliphatic rings. The number of halogens is 3. The summed E-state index contributed by atoms with van der Waals surface area (Å²) in [7, 11) is 1.17. The summed E-state index contributed by atoms with van der Waals surface area (Å²) >= 11 is 0. The monoisotopic (exact) mass is 278 g/mol. The van der Waals surface area contributed by atoms with Gasteiger partial charge in [0.25, 0.3) is 0 Å². The molecule has 0 N–H and O–H groups in total. The lowest BCUT2D eigenvalue weighted by Gasteiger charge is -2.12. The lowest BCUT2D eigenvalue weighted by atomic mass is 10.2. The molecule has 0 fully saturated rings. The van der Waals surface area contributed by atoms with Gasteiger partial charge in [0.05, 0.1) is 19.3 Å². The van der Waals surface area contributed by atoms with Crippen LogP contribution in [0.2, 0.25) is 0 Å². The van der Waals surface area contributed by atoms with E-state index in [1.165, 1.54) is 25.3 Å². The quantitative estimate of drug-likeness (QED) is 0.777. The largest absolute Gasteiger partial charge is 0.494 e. The van der Waals surface area contributed by atoms with E-state index < -0.39 is 18.8 Å². The molecule has 1 rings (SSSR count). The van der Waals surface area contributed by atoms with Crippen LogP contribution in [0, 0.1) is 0 Å². The smallest absolute Gasteiger partial charge is 0.422 e. The number of rotatable bonds is 5. The SMILES string of the molecule is CCOc1cc(OCC(F)(F)F)cc(C(=O)OC)c1. The zero-order valence-electron chi connectivity index (χ0n) is 10.4. The fourth-order valence-electron chi connectivity index (χ4n) is 1.31. The fraction of sp³-hybridized carbons (Fsp3) is 0.417. The Morgan fingerprint density at radius 2 is 1.74 bits per heavy atom. The summed E-state index contributed by atoms with van der Waals surface area (Å²) in [6.45, 7) is 0.577. The highest BCUT2D eigenvalue weighted by molar-refractivity contribution is 5.90. The van der Waals surface area contributed by atoms with E-state index >= 15 is 0 Å². The lowest BCUT2D eigenvalue weighted by molar-refractivity contribution is -0.153. The minimum Gasteiger partial charge on any atom is -0.494 e. The molecule has 0 radical (unpaired) electrons. The molecular weight excluding hydrogens is 265 g/mol. The van der Waals surface area contributed by atoms with Gasteiger partial charge in [0.1, 0.15) is 11.5 Å². The molecule has 0 saturated heterocycles. The predicted molar refractivity (Wildman–Crippen MR) is 60.5 cm³/mol. The number of methoxy groups -OCH3 is 1. The van der Waals surface area contributed by atoms with Crippen molar-refractivity contribution in [2.45, 2.75) is 13.1 Å². The van der Waals surface area contributed by atoms with Crippen LogP contribution >= 0.6 is 0 Å². The molecule has 1 aromatic carbocycles. The standard InChI is InChI=1S/C12H13F3O4/c1-3-18-9-4-8(11(16)17-2)5-10(6-9)19-7-12(13,14)15/h4-6H,3,7H2,1-2H3. The molecule has 19 heavy (non-hydrogen) atoms. The molecule has 0 spiro atoms. The maximum atomic E-state index is 12.1. The van der Waals surface area contributed by atoms with E-state index in [0.29, 0.717) is 6.61 Å². The van der Waals surface area contributed by atoms with Gasteiger partial charge >= 0.3 is 12.1 Å². The third-order valence-electron chi connectivity index (χ3n) is 2.01. The van der Waals surface area contributed by atoms with Crippen molar-refractivity contribution < 1.29 is 32.2 Å². The van der Waals surface area contributed by atoms with Gasteiger partial charge in [-0.05, 0) is 19.1 Å². The van der Waals surface area contributed by atoms with Crippen LogP contribution in [0.4, 0.5) is 13.2 Å². The molecule has 0 unspecified atom stereocenters. The third kappa shape index (κ3) is 5.07. The van der Waals surface area contributed by atoms with Gasteiger partial charge in [-0.3, -0.25) is 0 Å². The molecule has 0 saturated carbocycles. The van der Waals surface area contributed by atoms with Gasteiger partial charge in [-0.15, -0.1) is 0 Å². The van der Waals surface area contributed by atoms with Crippen molar-refractivity contribution in [1.29, 1.82) is 0 Å². The molecule has 0 bridgehead atoms. The molecule has 0 atom stereocenters. The summed E-state index contributed by atoms with van der Waals surface area (Å²) in [5.41, 5.74) is 0.0608. The molecule has 1 aromatic rings. The molecule has 106 valence electrons. The second-order valence-electron chi connectivity index (χ2n) is 3.52. The molecule has 0 aliphatic heterocycles. The molecular formula is C12H13F3O4. The van der Waals surface area contributed by atoms with E-state index in [4.69, 9.17) is 4.74 Å². The lowest BCUT2D eigenvalue weighted by Crippen LogP contribution is -2.19. The van der Waals surface area contributed by atoms with Crippen LogP contribution in [-0.4, -0.2) is 32.5 Å². The second-order valence-corrected chi connectivity index (χ2v) is 3.52. The van der Waals surface area contributed by atoms with Crippen LogP contribution in [0.15, 0.2) is 18.2 Å². The van der Waals surface area contributed by atoms with E-state index in [-0.39, 0.29) is 17.1 Å². The van der Waals surface area contributed by atoms with Gasteiger partial charge in [-0.25, -0.2) is 4.79 Å². The Morgan fingerprint density at radius 3 is 2.21 bits per heavy atom. The Labute approximate surface area is 108 Å². The van der Waals surface area contributed by atoms with Gasteiger partial charge in [0.15, 0.2) is 6.61 Å². The zero-order valence-corrected chi connectivity index (χ0v) is 10.4. The first-order valence-electron chi connectivity index (χ1n) is 5.41. The summed E-state index contributed by atoms with van der Waals surface area (Å²) < 4.78 is 50.4. The van der Waals surface area contributed by atoms with Crippen LogP contribution in [0.1, 0.15) is 17.3 Å². The Kier molecular flexibility index (Phi) is 5.02. The number of carbonyl (C=O) groups is 1. The predicted octanol–water partition coefficient (Wildman–Crippen LogP) is 2.81. The number of ether oxygens (including phenoxy) is 3. The van der Waals surface area contributed by atoms with Crippen molar-refractivity contribution in [1.82, 2.24) is 0 Å². The van der Waals surface area contributed by atoms with Crippen molar-refractivity contribution >= 4 is 5.97 Å². The van der Waals surface area contributed by atoms with Crippen LogP contribution in [0.25, 0.3) is 0 Å². The van der Waals surface area contributed by atoms with Crippen molar-refractivity contribution in [2.24, 2.45) is 0 Å². The van der Waals surface area contributed by atoms with Crippen LogP contribution < -0.4 is 9.47 Å². The molecule has 0 amide bonds. The third-order valence-corrected chi connectivity index (χ3v) is 2.01. The Balaban J connectivity index is 2.96. The summed E-state index contributed by atoms with van der Waals surface area (Å²) in [5.74, 6) is -0.551. The maximum Gasteiger partial charge on any atom is 0.422 e. The first kappa shape index (κ1) is 15.1. The maximum absolute atomic E-state index is 12.1. The number of carbonyl (C=O) groups excluding carboxylic acids is 1. The van der Waals surface area contributed by atoms with Gasteiger partial charge < -0.3 is 14.2 Å². The average molecular weight is 278 g/mol. The van der Waals surface area contributed by atoms with Crippen molar-refractivity contribution in [3.63, 3.8) is 0 Å². The first-order chi connectivity index (χ1) is 8.85. The second kappa shape index (κ2) is 6.31. The number of alkyl halides is 3. The topological polar surface area (TPSA) is 44.8 Å². The van der Waals surface area contributed by atoms with E-state index in [0.717, 1.165) is 0 Å². The van der Waals surface area contributed by atoms with Gasteiger partial charge in [0.2, 0.25) is 0 Å². The van der Waals surface area contributed by atoms with E-state index in [1.807, 2.05) is 0 Å². The normalized spacial score (nSPS) is 11.0.